The van der Waals surface area contributed by atoms with E-state index in [4.69, 9.17) is 18.9 Å². The summed E-state index contributed by atoms with van der Waals surface area (Å²) in [5.41, 5.74) is 2.22. The van der Waals surface area contributed by atoms with Gasteiger partial charge in [0, 0.05) is 5.56 Å². The number of rotatable bonds is 9. The number of carbonyl (C=O) groups is 2. The van der Waals surface area contributed by atoms with E-state index >= 15 is 0 Å². The van der Waals surface area contributed by atoms with E-state index in [2.05, 4.69) is 10.6 Å². The third-order valence-electron chi connectivity index (χ3n) is 5.53. The number of Topliss-reactive ketones (excluding diaryl/α,β-unsaturated/α-hetero) is 1. The monoisotopic (exact) mass is 454 g/mol. The van der Waals surface area contributed by atoms with Crippen LogP contribution in [0, 0.1) is 0 Å². The van der Waals surface area contributed by atoms with Crippen molar-refractivity contribution in [2.45, 2.75) is 25.8 Å². The summed E-state index contributed by atoms with van der Waals surface area (Å²) in [5.74, 6) is 1.49. The quantitative estimate of drug-likeness (QED) is 0.441. The van der Waals surface area contributed by atoms with Gasteiger partial charge in [0.2, 0.25) is 11.7 Å². The van der Waals surface area contributed by atoms with Crippen LogP contribution in [-0.2, 0) is 4.79 Å². The van der Waals surface area contributed by atoms with E-state index in [9.17, 15) is 9.59 Å². The average molecular weight is 455 g/mol. The molecule has 1 fully saturated rings. The van der Waals surface area contributed by atoms with Crippen molar-refractivity contribution in [2.75, 3.05) is 40.3 Å². The van der Waals surface area contributed by atoms with Gasteiger partial charge in [-0.3, -0.25) is 9.59 Å². The predicted molar refractivity (Wildman–Crippen MR) is 127 cm³/mol. The Labute approximate surface area is 193 Å². The SMILES string of the molecule is COc1ccc(/C=C(\C)C(=O)c2cc(OC)c(OC)c(OC)c2)cc1NC(=O)C1CCCN1. The van der Waals surface area contributed by atoms with Gasteiger partial charge in [0.15, 0.2) is 17.3 Å². The van der Waals surface area contributed by atoms with Crippen LogP contribution in [-0.4, -0.2) is 52.7 Å². The van der Waals surface area contributed by atoms with Gasteiger partial charge in [-0.2, -0.15) is 0 Å². The van der Waals surface area contributed by atoms with Crippen molar-refractivity contribution in [3.8, 4) is 23.0 Å². The molecule has 1 heterocycles. The first-order valence-electron chi connectivity index (χ1n) is 10.7. The number of hydrogen-bond donors (Lipinski definition) is 2. The molecule has 2 aromatic carbocycles. The Bertz CT molecular complexity index is 1030. The van der Waals surface area contributed by atoms with Crippen molar-refractivity contribution in [1.29, 1.82) is 0 Å². The normalized spacial score (nSPS) is 15.7. The van der Waals surface area contributed by atoms with Crippen molar-refractivity contribution >= 4 is 23.5 Å². The van der Waals surface area contributed by atoms with Crippen LogP contribution in [0.2, 0.25) is 0 Å². The molecule has 176 valence electrons. The molecule has 33 heavy (non-hydrogen) atoms. The first-order chi connectivity index (χ1) is 15.9. The molecule has 2 N–H and O–H groups in total. The highest BCUT2D eigenvalue weighted by molar-refractivity contribution is 6.11. The van der Waals surface area contributed by atoms with Crippen LogP contribution in [0.25, 0.3) is 6.08 Å². The van der Waals surface area contributed by atoms with Gasteiger partial charge in [-0.15, -0.1) is 0 Å². The molecule has 0 aliphatic carbocycles. The maximum atomic E-state index is 13.1. The molecule has 1 aliphatic heterocycles. The molecule has 0 spiro atoms. The van der Waals surface area contributed by atoms with Gasteiger partial charge in [-0.05, 0) is 67.8 Å². The van der Waals surface area contributed by atoms with Crippen molar-refractivity contribution in [2.24, 2.45) is 0 Å². The summed E-state index contributed by atoms with van der Waals surface area (Å²) < 4.78 is 21.4. The molecule has 0 saturated carbocycles. The lowest BCUT2D eigenvalue weighted by molar-refractivity contribution is -0.117. The Kier molecular flexibility index (Phi) is 7.95. The van der Waals surface area contributed by atoms with Crippen molar-refractivity contribution in [1.82, 2.24) is 5.32 Å². The molecule has 8 heteroatoms. The summed E-state index contributed by atoms with van der Waals surface area (Å²) in [7, 11) is 6.06. The predicted octanol–water partition coefficient (Wildman–Crippen LogP) is 3.70. The Morgan fingerprint density at radius 1 is 0.970 bits per heavy atom. The molecule has 2 aromatic rings. The summed E-state index contributed by atoms with van der Waals surface area (Å²) in [6, 6.07) is 8.41. The minimum absolute atomic E-state index is 0.0999. The lowest BCUT2D eigenvalue weighted by atomic mass is 10.0. The van der Waals surface area contributed by atoms with Gasteiger partial charge in [0.1, 0.15) is 5.75 Å². The summed E-state index contributed by atoms with van der Waals surface area (Å²) in [6.45, 7) is 2.57. The van der Waals surface area contributed by atoms with Crippen LogP contribution in [0.4, 0.5) is 5.69 Å². The van der Waals surface area contributed by atoms with E-state index in [0.717, 1.165) is 24.9 Å². The summed E-state index contributed by atoms with van der Waals surface area (Å²) in [5, 5.41) is 6.12. The van der Waals surface area contributed by atoms with Crippen molar-refractivity contribution in [3.63, 3.8) is 0 Å². The van der Waals surface area contributed by atoms with Gasteiger partial charge in [-0.1, -0.05) is 6.07 Å². The summed E-state index contributed by atoms with van der Waals surface area (Å²) in [6.07, 6.45) is 3.53. The summed E-state index contributed by atoms with van der Waals surface area (Å²) in [4.78, 5) is 25.7. The van der Waals surface area contributed by atoms with Crippen LogP contribution in [0.3, 0.4) is 0 Å². The molecule has 0 radical (unpaired) electrons. The highest BCUT2D eigenvalue weighted by Crippen LogP contribution is 2.38. The summed E-state index contributed by atoms with van der Waals surface area (Å²) >= 11 is 0. The standard InChI is InChI=1S/C25H30N2O6/c1-15(23(28)17-13-21(31-3)24(33-5)22(14-17)32-4)11-16-8-9-20(30-2)19(12-16)27-25(29)18-7-6-10-26-18/h8-9,11-14,18,26H,6-7,10H2,1-5H3,(H,27,29)/b15-11+. The highest BCUT2D eigenvalue weighted by Gasteiger charge is 2.23. The Morgan fingerprint density at radius 3 is 2.18 bits per heavy atom. The Morgan fingerprint density at radius 2 is 1.64 bits per heavy atom. The number of anilines is 1. The second kappa shape index (κ2) is 10.9. The van der Waals surface area contributed by atoms with E-state index in [-0.39, 0.29) is 17.7 Å². The first kappa shape index (κ1) is 24.1. The number of hydrogen-bond acceptors (Lipinski definition) is 7. The maximum absolute atomic E-state index is 13.1. The fourth-order valence-corrected chi connectivity index (χ4v) is 3.80. The van der Waals surface area contributed by atoms with Gasteiger partial charge < -0.3 is 29.6 Å². The number of nitrogens with one attached hydrogen (secondary N) is 2. The van der Waals surface area contributed by atoms with Crippen LogP contribution in [0.1, 0.15) is 35.7 Å². The van der Waals surface area contributed by atoms with Crippen LogP contribution < -0.4 is 29.6 Å². The maximum Gasteiger partial charge on any atom is 0.241 e. The van der Waals surface area contributed by atoms with Gasteiger partial charge in [0.25, 0.3) is 0 Å². The highest BCUT2D eigenvalue weighted by atomic mass is 16.5. The number of methoxy groups -OCH3 is 4. The number of allylic oxidation sites excluding steroid dienone is 1. The van der Waals surface area contributed by atoms with Crippen molar-refractivity contribution in [3.05, 3.63) is 47.0 Å². The number of amides is 1. The van der Waals surface area contributed by atoms with Gasteiger partial charge in [-0.25, -0.2) is 0 Å². The van der Waals surface area contributed by atoms with E-state index in [0.29, 0.717) is 39.8 Å². The van der Waals surface area contributed by atoms with E-state index in [1.807, 2.05) is 6.07 Å². The number of ether oxygens (including phenoxy) is 4. The molecule has 1 unspecified atom stereocenters. The second-order valence-electron chi connectivity index (χ2n) is 7.67. The number of ketones is 1. The second-order valence-corrected chi connectivity index (χ2v) is 7.67. The fraction of sp³-hybridized carbons (Fsp3) is 0.360. The first-order valence-corrected chi connectivity index (χ1v) is 10.7. The zero-order chi connectivity index (χ0) is 24.0. The van der Waals surface area contributed by atoms with Gasteiger partial charge in [0.05, 0.1) is 40.2 Å². The molecule has 0 bridgehead atoms. The smallest absolute Gasteiger partial charge is 0.241 e. The van der Waals surface area contributed by atoms with Gasteiger partial charge >= 0.3 is 0 Å². The molecule has 1 saturated heterocycles. The lowest BCUT2D eigenvalue weighted by Gasteiger charge is -2.15. The number of benzene rings is 2. The fourth-order valence-electron chi connectivity index (χ4n) is 3.80. The largest absolute Gasteiger partial charge is 0.495 e. The zero-order valence-electron chi connectivity index (χ0n) is 19.6. The molecule has 1 amide bonds. The molecule has 1 aliphatic rings. The molecule has 3 rings (SSSR count). The Balaban J connectivity index is 1.88. The number of carbonyl (C=O) groups excluding carboxylic acids is 2. The molecule has 0 aromatic heterocycles. The third-order valence-corrected chi connectivity index (χ3v) is 5.53. The minimum Gasteiger partial charge on any atom is -0.495 e. The molecular weight excluding hydrogens is 424 g/mol. The van der Waals surface area contributed by atoms with Crippen LogP contribution >= 0.6 is 0 Å². The average Bonchev–Trinajstić information content (AvgIpc) is 3.38. The van der Waals surface area contributed by atoms with Crippen molar-refractivity contribution < 1.29 is 28.5 Å². The Hall–Kier alpha value is -3.52. The van der Waals surface area contributed by atoms with E-state index in [1.165, 1.54) is 21.3 Å². The van der Waals surface area contributed by atoms with E-state index < -0.39 is 0 Å². The zero-order valence-corrected chi connectivity index (χ0v) is 19.6. The molecule has 8 nitrogen and oxygen atoms in total. The van der Waals surface area contributed by atoms with Crippen LogP contribution in [0.5, 0.6) is 23.0 Å². The van der Waals surface area contributed by atoms with Crippen LogP contribution in [0.15, 0.2) is 35.9 Å². The third kappa shape index (κ3) is 5.46. The molecular formula is C25H30N2O6. The molecule has 1 atom stereocenters. The van der Waals surface area contributed by atoms with E-state index in [1.54, 1.807) is 44.4 Å². The topological polar surface area (TPSA) is 95.1 Å². The minimum atomic E-state index is -0.211. The lowest BCUT2D eigenvalue weighted by Crippen LogP contribution is -2.35.